The highest BCUT2D eigenvalue weighted by molar-refractivity contribution is 5.91. The van der Waals surface area contributed by atoms with Crippen LogP contribution < -0.4 is 5.32 Å². The summed E-state index contributed by atoms with van der Waals surface area (Å²) in [5, 5.41) is 3.17. The summed E-state index contributed by atoms with van der Waals surface area (Å²) < 4.78 is 0. The third kappa shape index (κ3) is 3.85. The molecule has 1 aromatic heterocycles. The van der Waals surface area contributed by atoms with Crippen LogP contribution in [0.2, 0.25) is 0 Å². The number of hydrogen-bond acceptors (Lipinski definition) is 2. The lowest BCUT2D eigenvalue weighted by Gasteiger charge is -2.56. The summed E-state index contributed by atoms with van der Waals surface area (Å²) >= 11 is 0. The Hall–Kier alpha value is -2.16. The van der Waals surface area contributed by atoms with Crippen LogP contribution in [0.5, 0.6) is 0 Å². The summed E-state index contributed by atoms with van der Waals surface area (Å²) in [7, 11) is 0. The highest BCUT2D eigenvalue weighted by Gasteiger charge is 2.51. The van der Waals surface area contributed by atoms with Crippen molar-refractivity contribution in [1.82, 2.24) is 4.98 Å². The lowest BCUT2D eigenvalue weighted by atomic mass is 9.49. The van der Waals surface area contributed by atoms with Gasteiger partial charge < -0.3 is 5.32 Å². The van der Waals surface area contributed by atoms with Gasteiger partial charge in [-0.15, -0.1) is 0 Å². The van der Waals surface area contributed by atoms with Gasteiger partial charge in [-0.25, -0.2) is 0 Å². The molecule has 6 rings (SSSR count). The molecule has 2 aromatic rings. The number of rotatable bonds is 6. The van der Waals surface area contributed by atoms with E-state index >= 15 is 0 Å². The van der Waals surface area contributed by atoms with Crippen LogP contribution in [0.3, 0.4) is 0 Å². The molecule has 1 heterocycles. The maximum absolute atomic E-state index is 12.8. The van der Waals surface area contributed by atoms with E-state index in [0.717, 1.165) is 48.4 Å². The van der Waals surface area contributed by atoms with Crippen LogP contribution >= 0.6 is 0 Å². The van der Waals surface area contributed by atoms with E-state index < -0.39 is 0 Å². The lowest BCUT2D eigenvalue weighted by Crippen LogP contribution is -2.47. The Morgan fingerprint density at radius 3 is 2.21 bits per heavy atom. The quantitative estimate of drug-likeness (QED) is 0.734. The lowest BCUT2D eigenvalue weighted by molar-refractivity contribution is -0.124. The molecule has 4 saturated carbocycles. The van der Waals surface area contributed by atoms with E-state index in [4.69, 9.17) is 0 Å². The van der Waals surface area contributed by atoms with Crippen LogP contribution in [0.15, 0.2) is 48.7 Å². The molecule has 1 amide bonds. The zero-order valence-electron chi connectivity index (χ0n) is 16.6. The second kappa shape index (κ2) is 7.35. The minimum atomic E-state index is 0.211. The number of nitrogens with one attached hydrogen (secondary N) is 1. The average molecular weight is 375 g/mol. The standard InChI is InChI=1S/C25H30N2O/c28-24(17-25-14-19-11-20(15-25)13-21(12-19)16-25)27-23-8-5-18(6-9-23)4-7-22-3-1-2-10-26-22/h1-3,5-6,8-10,19-21H,4,7,11-17H2,(H,27,28). The predicted octanol–water partition coefficient (Wildman–Crippen LogP) is 5.41. The van der Waals surface area contributed by atoms with E-state index in [1.54, 1.807) is 0 Å². The smallest absolute Gasteiger partial charge is 0.224 e. The molecule has 4 bridgehead atoms. The van der Waals surface area contributed by atoms with Crippen molar-refractivity contribution in [2.45, 2.75) is 57.8 Å². The van der Waals surface area contributed by atoms with Crippen molar-refractivity contribution in [3.8, 4) is 0 Å². The number of pyridine rings is 1. The molecule has 28 heavy (non-hydrogen) atoms. The Balaban J connectivity index is 1.16. The van der Waals surface area contributed by atoms with Gasteiger partial charge in [0, 0.05) is 24.0 Å². The molecule has 0 aliphatic heterocycles. The van der Waals surface area contributed by atoms with Crippen molar-refractivity contribution < 1.29 is 4.79 Å². The van der Waals surface area contributed by atoms with E-state index in [1.807, 2.05) is 30.5 Å². The molecule has 1 N–H and O–H groups in total. The highest BCUT2D eigenvalue weighted by Crippen LogP contribution is 2.61. The minimum Gasteiger partial charge on any atom is -0.326 e. The first-order valence-corrected chi connectivity index (χ1v) is 10.9. The topological polar surface area (TPSA) is 42.0 Å². The first kappa shape index (κ1) is 17.9. The van der Waals surface area contributed by atoms with Crippen LogP contribution in [0.4, 0.5) is 5.69 Å². The van der Waals surface area contributed by atoms with Crippen molar-refractivity contribution >= 4 is 11.6 Å². The molecule has 0 atom stereocenters. The van der Waals surface area contributed by atoms with Gasteiger partial charge in [0.2, 0.25) is 5.91 Å². The molecule has 4 fully saturated rings. The largest absolute Gasteiger partial charge is 0.326 e. The molecule has 146 valence electrons. The molecule has 0 saturated heterocycles. The van der Waals surface area contributed by atoms with Crippen LogP contribution in [0.1, 0.15) is 56.2 Å². The summed E-state index contributed by atoms with van der Waals surface area (Å²) in [5.74, 6) is 2.91. The fourth-order valence-corrected chi connectivity index (χ4v) is 6.63. The number of amides is 1. The van der Waals surface area contributed by atoms with E-state index in [1.165, 1.54) is 44.1 Å². The SMILES string of the molecule is O=C(CC12CC3CC(CC(C3)C1)C2)Nc1ccc(CCc2ccccn2)cc1. The highest BCUT2D eigenvalue weighted by atomic mass is 16.1. The molecule has 4 aliphatic carbocycles. The Bertz CT molecular complexity index is 792. The molecule has 0 radical (unpaired) electrons. The number of carbonyl (C=O) groups is 1. The minimum absolute atomic E-state index is 0.211. The zero-order chi connectivity index (χ0) is 19.0. The van der Waals surface area contributed by atoms with E-state index in [0.29, 0.717) is 5.41 Å². The summed E-state index contributed by atoms with van der Waals surface area (Å²) in [4.78, 5) is 17.2. The average Bonchev–Trinajstić information content (AvgIpc) is 2.67. The monoisotopic (exact) mass is 374 g/mol. The molecule has 4 aliphatic rings. The van der Waals surface area contributed by atoms with Gasteiger partial charge in [-0.1, -0.05) is 18.2 Å². The summed E-state index contributed by atoms with van der Waals surface area (Å²) in [6.07, 6.45) is 12.6. The summed E-state index contributed by atoms with van der Waals surface area (Å²) in [6, 6.07) is 14.4. The molecule has 0 spiro atoms. The number of anilines is 1. The van der Waals surface area contributed by atoms with Crippen LogP contribution in [0, 0.1) is 23.2 Å². The Kier molecular flexibility index (Phi) is 4.70. The zero-order valence-corrected chi connectivity index (χ0v) is 16.6. The fourth-order valence-electron chi connectivity index (χ4n) is 6.63. The third-order valence-electron chi connectivity index (χ3n) is 7.33. The van der Waals surface area contributed by atoms with Gasteiger partial charge in [-0.3, -0.25) is 9.78 Å². The number of benzene rings is 1. The molecule has 1 aromatic carbocycles. The number of aryl methyl sites for hydroxylation is 2. The van der Waals surface area contributed by atoms with Gasteiger partial charge in [-0.05, 0) is 104 Å². The Labute approximate surface area is 168 Å². The Morgan fingerprint density at radius 2 is 1.61 bits per heavy atom. The number of carbonyl (C=O) groups excluding carboxylic acids is 1. The van der Waals surface area contributed by atoms with Crippen molar-refractivity contribution in [3.05, 3.63) is 59.9 Å². The maximum Gasteiger partial charge on any atom is 0.224 e. The second-order valence-electron chi connectivity index (χ2n) is 9.66. The molecule has 0 unspecified atom stereocenters. The number of aromatic nitrogens is 1. The van der Waals surface area contributed by atoms with Crippen LogP contribution in [-0.4, -0.2) is 10.9 Å². The normalized spacial score (nSPS) is 30.4. The van der Waals surface area contributed by atoms with Gasteiger partial charge in [0.15, 0.2) is 0 Å². The Morgan fingerprint density at radius 1 is 0.929 bits per heavy atom. The fraction of sp³-hybridized carbons (Fsp3) is 0.520. The number of hydrogen-bond donors (Lipinski definition) is 1. The van der Waals surface area contributed by atoms with Crippen molar-refractivity contribution in [1.29, 1.82) is 0 Å². The summed E-state index contributed by atoms with van der Waals surface area (Å²) in [6.45, 7) is 0. The van der Waals surface area contributed by atoms with Crippen LogP contribution in [0.25, 0.3) is 0 Å². The summed E-state index contributed by atoms with van der Waals surface area (Å²) in [5.41, 5.74) is 3.64. The van der Waals surface area contributed by atoms with Gasteiger partial charge in [0.25, 0.3) is 0 Å². The second-order valence-corrected chi connectivity index (χ2v) is 9.66. The van der Waals surface area contributed by atoms with Crippen LogP contribution in [-0.2, 0) is 17.6 Å². The maximum atomic E-state index is 12.8. The van der Waals surface area contributed by atoms with Gasteiger partial charge >= 0.3 is 0 Å². The molecular formula is C25H30N2O. The van der Waals surface area contributed by atoms with Gasteiger partial charge in [0.05, 0.1) is 0 Å². The van der Waals surface area contributed by atoms with Crippen molar-refractivity contribution in [2.75, 3.05) is 5.32 Å². The van der Waals surface area contributed by atoms with Gasteiger partial charge in [0.1, 0.15) is 0 Å². The molecular weight excluding hydrogens is 344 g/mol. The first-order chi connectivity index (χ1) is 13.7. The predicted molar refractivity (Wildman–Crippen MR) is 112 cm³/mol. The van der Waals surface area contributed by atoms with Crippen molar-refractivity contribution in [2.24, 2.45) is 23.2 Å². The molecule has 3 nitrogen and oxygen atoms in total. The van der Waals surface area contributed by atoms with E-state index in [9.17, 15) is 4.79 Å². The van der Waals surface area contributed by atoms with Crippen molar-refractivity contribution in [3.63, 3.8) is 0 Å². The van der Waals surface area contributed by atoms with Gasteiger partial charge in [-0.2, -0.15) is 0 Å². The molecule has 3 heteroatoms. The van der Waals surface area contributed by atoms with E-state index in [2.05, 4.69) is 28.5 Å². The number of nitrogens with zero attached hydrogens (tertiary/aromatic N) is 1. The first-order valence-electron chi connectivity index (χ1n) is 10.9. The van der Waals surface area contributed by atoms with E-state index in [-0.39, 0.29) is 5.91 Å². The third-order valence-corrected chi connectivity index (χ3v) is 7.33.